The van der Waals surface area contributed by atoms with E-state index in [9.17, 15) is 9.59 Å². The fourth-order valence-electron chi connectivity index (χ4n) is 5.62. The van der Waals surface area contributed by atoms with Crippen molar-refractivity contribution >= 4 is 11.8 Å². The average Bonchev–Trinajstić information content (AvgIpc) is 3.54. The van der Waals surface area contributed by atoms with Crippen LogP contribution in [0.3, 0.4) is 0 Å². The zero-order valence-electron chi connectivity index (χ0n) is 21.3. The molecule has 7 heteroatoms. The second-order valence-electron chi connectivity index (χ2n) is 10.2. The molecule has 1 aliphatic carbocycles. The van der Waals surface area contributed by atoms with Crippen LogP contribution in [0.1, 0.15) is 62.5 Å². The molecule has 3 aromatic rings. The van der Waals surface area contributed by atoms with Gasteiger partial charge in [0.15, 0.2) is 0 Å². The van der Waals surface area contributed by atoms with Crippen LogP contribution in [0.25, 0.3) is 11.5 Å². The van der Waals surface area contributed by atoms with Gasteiger partial charge >= 0.3 is 0 Å². The van der Waals surface area contributed by atoms with Gasteiger partial charge in [0.25, 0.3) is 5.91 Å². The smallest absolute Gasteiger partial charge is 0.271 e. The Morgan fingerprint density at radius 1 is 1.11 bits per heavy atom. The molecule has 36 heavy (non-hydrogen) atoms. The van der Waals surface area contributed by atoms with Gasteiger partial charge in [-0.3, -0.25) is 9.59 Å². The normalized spacial score (nSPS) is 23.9. The van der Waals surface area contributed by atoms with Crippen LogP contribution in [-0.4, -0.2) is 39.5 Å². The SMILES string of the molecule is CCOc1ccccc1CN1C(=O)c2ccc(-c3ccco3)n2C[C@]1(C)C(=O)N[C@@H]1CCCC[C@H]1C. The van der Waals surface area contributed by atoms with Crippen molar-refractivity contribution in [2.45, 2.75) is 71.1 Å². The van der Waals surface area contributed by atoms with E-state index < -0.39 is 5.54 Å². The molecule has 0 radical (unpaired) electrons. The molecule has 2 aromatic heterocycles. The molecule has 0 unspecified atom stereocenters. The number of amides is 2. The number of hydrogen-bond donors (Lipinski definition) is 1. The van der Waals surface area contributed by atoms with Gasteiger partial charge in [-0.1, -0.05) is 38.0 Å². The highest BCUT2D eigenvalue weighted by molar-refractivity contribution is 6.00. The van der Waals surface area contributed by atoms with Gasteiger partial charge in [0.2, 0.25) is 5.91 Å². The van der Waals surface area contributed by atoms with Crippen molar-refractivity contribution in [3.63, 3.8) is 0 Å². The number of furan rings is 1. The Hall–Kier alpha value is -3.48. The molecule has 1 aromatic carbocycles. The number of fused-ring (bicyclic) bond motifs is 1. The highest BCUT2D eigenvalue weighted by Crippen LogP contribution is 2.36. The van der Waals surface area contributed by atoms with Gasteiger partial charge in [-0.25, -0.2) is 0 Å². The second kappa shape index (κ2) is 9.88. The van der Waals surface area contributed by atoms with Crippen LogP contribution in [0.15, 0.2) is 59.2 Å². The third kappa shape index (κ3) is 4.31. The van der Waals surface area contributed by atoms with Gasteiger partial charge in [-0.05, 0) is 62.9 Å². The van der Waals surface area contributed by atoms with Crippen molar-refractivity contribution in [2.75, 3.05) is 6.61 Å². The van der Waals surface area contributed by atoms with E-state index in [0.29, 0.717) is 30.5 Å². The lowest BCUT2D eigenvalue weighted by Crippen LogP contribution is -2.65. The molecule has 1 aliphatic heterocycles. The van der Waals surface area contributed by atoms with Crippen LogP contribution in [0.4, 0.5) is 0 Å². The Labute approximate surface area is 212 Å². The molecule has 0 spiro atoms. The minimum absolute atomic E-state index is 0.117. The van der Waals surface area contributed by atoms with Gasteiger partial charge < -0.3 is 23.9 Å². The highest BCUT2D eigenvalue weighted by Gasteiger charge is 2.48. The summed E-state index contributed by atoms with van der Waals surface area (Å²) in [6.45, 7) is 7.16. The standard InChI is InChI=1S/C29H35N3O4/c1-4-35-25-13-8-6-11-21(25)18-32-27(33)24-16-15-23(26-14-9-17-36-26)31(24)19-29(32,3)28(34)30-22-12-7-5-10-20(22)2/h6,8-9,11,13-17,20,22H,4-5,7,10,12,18-19H2,1-3H3,(H,30,34)/t20-,22-,29-/m1/s1. The molecule has 0 saturated heterocycles. The number of hydrogen-bond acceptors (Lipinski definition) is 4. The van der Waals surface area contributed by atoms with Gasteiger partial charge in [-0.15, -0.1) is 0 Å². The lowest BCUT2D eigenvalue weighted by molar-refractivity contribution is -0.134. The molecule has 1 saturated carbocycles. The van der Waals surface area contributed by atoms with Gasteiger partial charge in [0.05, 0.1) is 31.7 Å². The van der Waals surface area contributed by atoms with Crippen molar-refractivity contribution in [2.24, 2.45) is 5.92 Å². The quantitative estimate of drug-likeness (QED) is 0.491. The van der Waals surface area contributed by atoms with Gasteiger partial charge in [0, 0.05) is 11.6 Å². The summed E-state index contributed by atoms with van der Waals surface area (Å²) in [5, 5.41) is 3.33. The van der Waals surface area contributed by atoms with E-state index in [-0.39, 0.29) is 24.4 Å². The number of aromatic nitrogens is 1. The zero-order valence-corrected chi connectivity index (χ0v) is 21.3. The number of carbonyl (C=O) groups excluding carboxylic acids is 2. The fraction of sp³-hybridized carbons (Fsp3) is 0.448. The molecule has 1 N–H and O–H groups in total. The molecule has 190 valence electrons. The summed E-state index contributed by atoms with van der Waals surface area (Å²) in [7, 11) is 0. The average molecular weight is 490 g/mol. The van der Waals surface area contributed by atoms with Crippen molar-refractivity contribution in [3.05, 3.63) is 66.1 Å². The summed E-state index contributed by atoms with van der Waals surface area (Å²) in [6, 6.07) is 15.3. The third-order valence-corrected chi connectivity index (χ3v) is 7.80. The fourth-order valence-corrected chi connectivity index (χ4v) is 5.62. The summed E-state index contributed by atoms with van der Waals surface area (Å²) in [5.74, 6) is 1.52. The Bertz CT molecular complexity index is 1230. The number of nitrogens with zero attached hydrogens (tertiary/aromatic N) is 2. The Kier molecular flexibility index (Phi) is 6.65. The maximum atomic E-state index is 14.0. The Morgan fingerprint density at radius 2 is 1.89 bits per heavy atom. The van der Waals surface area contributed by atoms with Crippen LogP contribution in [0.2, 0.25) is 0 Å². The molecule has 2 aliphatic rings. The number of para-hydroxylation sites is 1. The highest BCUT2D eigenvalue weighted by atomic mass is 16.5. The molecule has 2 amide bonds. The molecule has 0 bridgehead atoms. The lowest BCUT2D eigenvalue weighted by Gasteiger charge is -2.45. The summed E-state index contributed by atoms with van der Waals surface area (Å²) >= 11 is 0. The van der Waals surface area contributed by atoms with E-state index in [1.807, 2.05) is 66.9 Å². The van der Waals surface area contributed by atoms with Crippen molar-refractivity contribution in [1.82, 2.24) is 14.8 Å². The van der Waals surface area contributed by atoms with Crippen molar-refractivity contribution in [1.29, 1.82) is 0 Å². The Morgan fingerprint density at radius 3 is 2.64 bits per heavy atom. The van der Waals surface area contributed by atoms with E-state index in [4.69, 9.17) is 9.15 Å². The molecule has 7 nitrogen and oxygen atoms in total. The minimum atomic E-state index is -1.10. The van der Waals surface area contributed by atoms with E-state index in [1.165, 1.54) is 6.42 Å². The molecule has 1 fully saturated rings. The monoisotopic (exact) mass is 489 g/mol. The van der Waals surface area contributed by atoms with Gasteiger partial charge in [0.1, 0.15) is 22.7 Å². The van der Waals surface area contributed by atoms with E-state index in [2.05, 4.69) is 12.2 Å². The number of carbonyl (C=O) groups is 2. The molecular formula is C29H35N3O4. The third-order valence-electron chi connectivity index (χ3n) is 7.80. The zero-order chi connectivity index (χ0) is 25.3. The number of rotatable bonds is 7. The first-order valence-corrected chi connectivity index (χ1v) is 13.0. The van der Waals surface area contributed by atoms with Crippen LogP contribution < -0.4 is 10.1 Å². The minimum Gasteiger partial charge on any atom is -0.494 e. The molecule has 3 heterocycles. The molecule has 5 rings (SSSR count). The predicted octanol–water partition coefficient (Wildman–Crippen LogP) is 5.26. The van der Waals surface area contributed by atoms with E-state index in [0.717, 1.165) is 36.3 Å². The number of benzene rings is 1. The molecular weight excluding hydrogens is 454 g/mol. The second-order valence-corrected chi connectivity index (χ2v) is 10.2. The first-order chi connectivity index (χ1) is 17.4. The summed E-state index contributed by atoms with van der Waals surface area (Å²) in [5.41, 5.74) is 1.12. The lowest BCUT2D eigenvalue weighted by atomic mass is 9.85. The van der Waals surface area contributed by atoms with Crippen LogP contribution in [-0.2, 0) is 17.9 Å². The van der Waals surface area contributed by atoms with Crippen molar-refractivity contribution < 1.29 is 18.7 Å². The number of ether oxygens (including phenoxy) is 1. The first-order valence-electron chi connectivity index (χ1n) is 13.0. The first kappa shape index (κ1) is 24.2. The predicted molar refractivity (Wildman–Crippen MR) is 138 cm³/mol. The number of nitrogens with one attached hydrogen (secondary N) is 1. The Balaban J connectivity index is 1.54. The largest absolute Gasteiger partial charge is 0.494 e. The van der Waals surface area contributed by atoms with E-state index in [1.54, 1.807) is 11.2 Å². The summed E-state index contributed by atoms with van der Waals surface area (Å²) in [4.78, 5) is 29.8. The summed E-state index contributed by atoms with van der Waals surface area (Å²) < 4.78 is 13.4. The van der Waals surface area contributed by atoms with Crippen molar-refractivity contribution in [3.8, 4) is 17.2 Å². The molecule has 3 atom stereocenters. The maximum absolute atomic E-state index is 14.0. The van der Waals surface area contributed by atoms with E-state index >= 15 is 0 Å². The topological polar surface area (TPSA) is 76.7 Å². The van der Waals surface area contributed by atoms with Crippen LogP contribution in [0.5, 0.6) is 5.75 Å². The van der Waals surface area contributed by atoms with Gasteiger partial charge in [-0.2, -0.15) is 0 Å². The van der Waals surface area contributed by atoms with Crippen LogP contribution >= 0.6 is 0 Å². The maximum Gasteiger partial charge on any atom is 0.271 e. The summed E-state index contributed by atoms with van der Waals surface area (Å²) in [6.07, 6.45) is 6.00. The van der Waals surface area contributed by atoms with Crippen LogP contribution in [0, 0.1) is 5.92 Å².